The van der Waals surface area contributed by atoms with Gasteiger partial charge in [0.15, 0.2) is 0 Å². The Morgan fingerprint density at radius 3 is 2.50 bits per heavy atom. The molecule has 0 saturated heterocycles. The van der Waals surface area contributed by atoms with Crippen LogP contribution in [-0.2, 0) is 6.54 Å². The summed E-state index contributed by atoms with van der Waals surface area (Å²) in [4.78, 5) is 13.9. The van der Waals surface area contributed by atoms with E-state index in [4.69, 9.17) is 28.9 Å². The number of nitrogens with two attached hydrogens (primary N) is 1. The maximum atomic E-state index is 12.3. The maximum absolute atomic E-state index is 12.3. The molecule has 2 N–H and O–H groups in total. The van der Waals surface area contributed by atoms with Crippen LogP contribution in [0.3, 0.4) is 0 Å². The molecule has 0 spiro atoms. The first-order chi connectivity index (χ1) is 9.49. The normalized spacial score (nSPS) is 10.3. The van der Waals surface area contributed by atoms with Crippen molar-refractivity contribution in [3.8, 4) is 0 Å². The zero-order valence-corrected chi connectivity index (χ0v) is 12.4. The van der Waals surface area contributed by atoms with E-state index >= 15 is 0 Å². The molecule has 104 valence electrons. The second-order valence-corrected chi connectivity index (χ2v) is 5.30. The van der Waals surface area contributed by atoms with E-state index in [0.717, 1.165) is 5.56 Å². The monoisotopic (exact) mass is 308 g/mol. The lowest BCUT2D eigenvalue weighted by molar-refractivity contribution is 0.0785. The Hall–Kier alpha value is -1.71. The van der Waals surface area contributed by atoms with Gasteiger partial charge in [0.2, 0.25) is 0 Å². The fourth-order valence-electron chi connectivity index (χ4n) is 1.85. The largest absolute Gasteiger partial charge is 0.398 e. The molecule has 20 heavy (non-hydrogen) atoms. The van der Waals surface area contributed by atoms with Crippen LogP contribution in [0.4, 0.5) is 5.69 Å². The third kappa shape index (κ3) is 3.24. The van der Waals surface area contributed by atoms with Crippen molar-refractivity contribution >= 4 is 34.8 Å². The van der Waals surface area contributed by atoms with Gasteiger partial charge in [0.25, 0.3) is 5.91 Å². The van der Waals surface area contributed by atoms with Gasteiger partial charge in [-0.2, -0.15) is 0 Å². The van der Waals surface area contributed by atoms with Gasteiger partial charge >= 0.3 is 0 Å². The summed E-state index contributed by atoms with van der Waals surface area (Å²) in [5.41, 5.74) is 7.50. The molecule has 5 heteroatoms. The van der Waals surface area contributed by atoms with Crippen molar-refractivity contribution in [1.29, 1.82) is 0 Å². The molecule has 1 amide bonds. The molecule has 0 unspecified atom stereocenters. The third-order valence-electron chi connectivity index (χ3n) is 2.95. The standard InChI is InChI=1S/C15H14Cl2N2O/c1-19(9-11-4-2-3-5-12(11)16)15(20)10-6-7-13(17)14(18)8-10/h2-8H,9,18H2,1H3. The van der Waals surface area contributed by atoms with E-state index in [1.807, 2.05) is 18.2 Å². The highest BCUT2D eigenvalue weighted by atomic mass is 35.5. The highest BCUT2D eigenvalue weighted by Gasteiger charge is 2.14. The van der Waals surface area contributed by atoms with Crippen molar-refractivity contribution in [1.82, 2.24) is 4.90 Å². The summed E-state index contributed by atoms with van der Waals surface area (Å²) in [7, 11) is 1.72. The molecule has 0 aliphatic heterocycles. The molecule has 0 aromatic heterocycles. The number of nitrogens with zero attached hydrogens (tertiary/aromatic N) is 1. The number of carbonyl (C=O) groups excluding carboxylic acids is 1. The molecule has 0 fully saturated rings. The average Bonchev–Trinajstić information content (AvgIpc) is 2.43. The van der Waals surface area contributed by atoms with Crippen LogP contribution in [0.25, 0.3) is 0 Å². The van der Waals surface area contributed by atoms with Crippen molar-refractivity contribution in [2.75, 3.05) is 12.8 Å². The number of carbonyl (C=O) groups is 1. The van der Waals surface area contributed by atoms with Crippen LogP contribution in [0.2, 0.25) is 10.0 Å². The van der Waals surface area contributed by atoms with Crippen LogP contribution in [0.15, 0.2) is 42.5 Å². The lowest BCUT2D eigenvalue weighted by atomic mass is 10.1. The van der Waals surface area contributed by atoms with E-state index in [0.29, 0.717) is 27.8 Å². The van der Waals surface area contributed by atoms with E-state index in [1.54, 1.807) is 36.2 Å². The van der Waals surface area contributed by atoms with Gasteiger partial charge in [0.1, 0.15) is 0 Å². The van der Waals surface area contributed by atoms with Gasteiger partial charge < -0.3 is 10.6 Å². The minimum Gasteiger partial charge on any atom is -0.398 e. The molecule has 2 aromatic carbocycles. The zero-order chi connectivity index (χ0) is 14.7. The highest BCUT2D eigenvalue weighted by Crippen LogP contribution is 2.21. The Kier molecular flexibility index (Phi) is 4.53. The first-order valence-corrected chi connectivity index (χ1v) is 6.78. The number of nitrogen functional groups attached to an aromatic ring is 1. The van der Waals surface area contributed by atoms with Crippen molar-refractivity contribution in [3.63, 3.8) is 0 Å². The lowest BCUT2D eigenvalue weighted by Gasteiger charge is -2.18. The Morgan fingerprint density at radius 2 is 1.85 bits per heavy atom. The van der Waals surface area contributed by atoms with Gasteiger partial charge in [-0.3, -0.25) is 4.79 Å². The van der Waals surface area contributed by atoms with E-state index in [9.17, 15) is 4.79 Å². The summed E-state index contributed by atoms with van der Waals surface area (Å²) in [5, 5.41) is 1.08. The predicted octanol–water partition coefficient (Wildman–Crippen LogP) is 3.85. The molecule has 0 radical (unpaired) electrons. The fraction of sp³-hybridized carbons (Fsp3) is 0.133. The topological polar surface area (TPSA) is 46.3 Å². The zero-order valence-electron chi connectivity index (χ0n) is 10.9. The van der Waals surface area contributed by atoms with E-state index in [1.165, 1.54) is 0 Å². The quantitative estimate of drug-likeness (QED) is 0.875. The Labute approximate surface area is 127 Å². The number of anilines is 1. The Bertz CT molecular complexity index is 644. The molecule has 0 heterocycles. The number of benzene rings is 2. The van der Waals surface area contributed by atoms with Crippen molar-refractivity contribution < 1.29 is 4.79 Å². The van der Waals surface area contributed by atoms with Gasteiger partial charge in [-0.15, -0.1) is 0 Å². The van der Waals surface area contributed by atoms with Crippen LogP contribution in [0.1, 0.15) is 15.9 Å². The molecule has 0 aliphatic rings. The molecular formula is C15H14Cl2N2O. The van der Waals surface area contributed by atoms with Gasteiger partial charge in [-0.05, 0) is 29.8 Å². The Balaban J connectivity index is 2.16. The molecule has 2 rings (SSSR count). The smallest absolute Gasteiger partial charge is 0.253 e. The van der Waals surface area contributed by atoms with E-state index < -0.39 is 0 Å². The van der Waals surface area contributed by atoms with Gasteiger partial charge in [-0.25, -0.2) is 0 Å². The van der Waals surface area contributed by atoms with Crippen LogP contribution in [-0.4, -0.2) is 17.9 Å². The molecule has 0 saturated carbocycles. The summed E-state index contributed by atoms with van der Waals surface area (Å²) < 4.78 is 0. The third-order valence-corrected chi connectivity index (χ3v) is 3.67. The van der Waals surface area contributed by atoms with Crippen LogP contribution in [0, 0.1) is 0 Å². The van der Waals surface area contributed by atoms with E-state index in [-0.39, 0.29) is 5.91 Å². The number of rotatable bonds is 3. The minimum atomic E-state index is -0.131. The summed E-state index contributed by atoms with van der Waals surface area (Å²) in [5.74, 6) is -0.131. The molecule has 0 atom stereocenters. The SMILES string of the molecule is CN(Cc1ccccc1Cl)C(=O)c1ccc(Cl)c(N)c1. The summed E-state index contributed by atoms with van der Waals surface area (Å²) in [6, 6.07) is 12.3. The predicted molar refractivity (Wildman–Crippen MR) is 83.1 cm³/mol. The lowest BCUT2D eigenvalue weighted by Crippen LogP contribution is -2.26. The van der Waals surface area contributed by atoms with Crippen LogP contribution >= 0.6 is 23.2 Å². The minimum absolute atomic E-state index is 0.131. The van der Waals surface area contributed by atoms with Gasteiger partial charge in [-0.1, -0.05) is 41.4 Å². The molecule has 0 bridgehead atoms. The number of hydrogen-bond acceptors (Lipinski definition) is 2. The second-order valence-electron chi connectivity index (χ2n) is 4.49. The summed E-state index contributed by atoms with van der Waals surface area (Å²) >= 11 is 11.9. The maximum Gasteiger partial charge on any atom is 0.253 e. The van der Waals surface area contributed by atoms with Gasteiger partial charge in [0, 0.05) is 24.2 Å². The number of hydrogen-bond donors (Lipinski definition) is 1. The first kappa shape index (κ1) is 14.7. The summed E-state index contributed by atoms with van der Waals surface area (Å²) in [6.07, 6.45) is 0. The number of amides is 1. The fourth-order valence-corrected chi connectivity index (χ4v) is 2.16. The van der Waals surface area contributed by atoms with Crippen molar-refractivity contribution in [2.24, 2.45) is 0 Å². The highest BCUT2D eigenvalue weighted by molar-refractivity contribution is 6.33. The first-order valence-electron chi connectivity index (χ1n) is 6.03. The average molecular weight is 309 g/mol. The Morgan fingerprint density at radius 1 is 1.15 bits per heavy atom. The molecule has 0 aliphatic carbocycles. The number of halogens is 2. The van der Waals surface area contributed by atoms with Crippen LogP contribution < -0.4 is 5.73 Å². The van der Waals surface area contributed by atoms with Crippen molar-refractivity contribution in [3.05, 3.63) is 63.6 Å². The molecule has 2 aromatic rings. The second kappa shape index (κ2) is 6.16. The van der Waals surface area contributed by atoms with Gasteiger partial charge in [0.05, 0.1) is 10.7 Å². The molecule has 3 nitrogen and oxygen atoms in total. The van der Waals surface area contributed by atoms with Crippen LogP contribution in [0.5, 0.6) is 0 Å². The van der Waals surface area contributed by atoms with Crippen molar-refractivity contribution in [2.45, 2.75) is 6.54 Å². The van der Waals surface area contributed by atoms with E-state index in [2.05, 4.69) is 0 Å². The molecular weight excluding hydrogens is 295 g/mol. The summed E-state index contributed by atoms with van der Waals surface area (Å²) in [6.45, 7) is 0.432.